The van der Waals surface area contributed by atoms with Crippen LogP contribution in [0.2, 0.25) is 0 Å². The Balaban J connectivity index is 1.44. The number of ether oxygens (including phenoxy) is 3. The first kappa shape index (κ1) is 17.4. The Bertz CT molecular complexity index is 907. The lowest BCUT2D eigenvalue weighted by Crippen LogP contribution is -2.10. The smallest absolute Gasteiger partial charge is 0.330 e. The number of aromatic nitrogens is 2. The third-order valence-corrected chi connectivity index (χ3v) is 3.51. The van der Waals surface area contributed by atoms with Crippen molar-refractivity contribution in [3.63, 3.8) is 0 Å². The minimum atomic E-state index is -0.460. The molecular formula is C20H18N2O4. The third-order valence-electron chi connectivity index (χ3n) is 3.51. The van der Waals surface area contributed by atoms with Gasteiger partial charge in [0.15, 0.2) is 0 Å². The van der Waals surface area contributed by atoms with E-state index in [1.807, 2.05) is 24.3 Å². The quantitative estimate of drug-likeness (QED) is 0.370. The van der Waals surface area contributed by atoms with Gasteiger partial charge in [0.25, 0.3) is 0 Å². The number of hydrogen-bond donors (Lipinski definition) is 0. The van der Waals surface area contributed by atoms with E-state index in [1.165, 1.54) is 6.08 Å². The van der Waals surface area contributed by atoms with Crippen LogP contribution in [0.5, 0.6) is 11.5 Å². The molecule has 0 aliphatic carbocycles. The normalized spacial score (nSPS) is 10.8. The highest BCUT2D eigenvalue weighted by Gasteiger charge is 2.00. The standard InChI is InChI=1S/C20H18N2O4/c1-24-16-7-9-17(10-8-16)25-12-13-26-20(23)11-6-15-14-21-18-4-2-3-5-19(18)22-15/h2-11,14H,12-13H2,1H3/b11-6+. The highest BCUT2D eigenvalue weighted by Crippen LogP contribution is 2.16. The van der Waals surface area contributed by atoms with Crippen LogP contribution in [0.4, 0.5) is 0 Å². The Labute approximate surface area is 151 Å². The lowest BCUT2D eigenvalue weighted by atomic mass is 10.3. The summed E-state index contributed by atoms with van der Waals surface area (Å²) in [6.45, 7) is 0.417. The molecule has 0 aliphatic rings. The van der Waals surface area contributed by atoms with Gasteiger partial charge in [0.2, 0.25) is 0 Å². The number of hydrogen-bond acceptors (Lipinski definition) is 6. The Morgan fingerprint density at radius 3 is 2.50 bits per heavy atom. The zero-order valence-corrected chi connectivity index (χ0v) is 14.3. The zero-order chi connectivity index (χ0) is 18.2. The zero-order valence-electron chi connectivity index (χ0n) is 14.3. The summed E-state index contributed by atoms with van der Waals surface area (Å²) >= 11 is 0. The summed E-state index contributed by atoms with van der Waals surface area (Å²) < 4.78 is 15.7. The second kappa shape index (κ2) is 8.62. The molecule has 6 heteroatoms. The molecule has 0 radical (unpaired) electrons. The first-order chi connectivity index (χ1) is 12.7. The van der Waals surface area contributed by atoms with Crippen LogP contribution in [0, 0.1) is 0 Å². The van der Waals surface area contributed by atoms with Crippen LogP contribution in [0.15, 0.2) is 60.8 Å². The molecule has 1 aromatic heterocycles. The van der Waals surface area contributed by atoms with Gasteiger partial charge < -0.3 is 14.2 Å². The van der Waals surface area contributed by atoms with Crippen molar-refractivity contribution < 1.29 is 19.0 Å². The van der Waals surface area contributed by atoms with Crippen molar-refractivity contribution in [1.82, 2.24) is 9.97 Å². The summed E-state index contributed by atoms with van der Waals surface area (Å²) in [5, 5.41) is 0. The van der Waals surface area contributed by atoms with Gasteiger partial charge in [-0.25, -0.2) is 9.78 Å². The van der Waals surface area contributed by atoms with Crippen molar-refractivity contribution in [3.8, 4) is 11.5 Å². The van der Waals surface area contributed by atoms with Crippen molar-refractivity contribution in [2.45, 2.75) is 0 Å². The van der Waals surface area contributed by atoms with E-state index in [2.05, 4.69) is 9.97 Å². The van der Waals surface area contributed by atoms with Crippen LogP contribution in [0.3, 0.4) is 0 Å². The van der Waals surface area contributed by atoms with Gasteiger partial charge in [-0.1, -0.05) is 12.1 Å². The van der Waals surface area contributed by atoms with Gasteiger partial charge in [0.1, 0.15) is 24.7 Å². The molecule has 0 unspecified atom stereocenters. The fourth-order valence-electron chi connectivity index (χ4n) is 2.23. The first-order valence-corrected chi connectivity index (χ1v) is 8.08. The predicted octanol–water partition coefficient (Wildman–Crippen LogP) is 3.27. The summed E-state index contributed by atoms with van der Waals surface area (Å²) in [6.07, 6.45) is 4.51. The van der Waals surface area contributed by atoms with Gasteiger partial charge in [-0.3, -0.25) is 4.98 Å². The van der Waals surface area contributed by atoms with E-state index in [1.54, 1.807) is 43.6 Å². The summed E-state index contributed by atoms with van der Waals surface area (Å²) in [7, 11) is 1.60. The molecule has 0 N–H and O–H groups in total. The van der Waals surface area contributed by atoms with E-state index in [0.29, 0.717) is 11.4 Å². The summed E-state index contributed by atoms with van der Waals surface area (Å²) in [5.74, 6) is 0.979. The Kier molecular flexibility index (Phi) is 5.77. The average molecular weight is 350 g/mol. The van der Waals surface area contributed by atoms with Crippen LogP contribution in [-0.4, -0.2) is 36.3 Å². The van der Waals surface area contributed by atoms with Crippen LogP contribution < -0.4 is 9.47 Å². The van der Waals surface area contributed by atoms with Crippen molar-refractivity contribution in [1.29, 1.82) is 0 Å². The summed E-state index contributed by atoms with van der Waals surface area (Å²) in [4.78, 5) is 20.4. The molecule has 3 aromatic rings. The molecule has 0 amide bonds. The molecule has 6 nitrogen and oxygen atoms in total. The molecule has 0 spiro atoms. The topological polar surface area (TPSA) is 70.5 Å². The number of para-hydroxylation sites is 2. The fourth-order valence-corrected chi connectivity index (χ4v) is 2.23. The maximum Gasteiger partial charge on any atom is 0.330 e. The minimum Gasteiger partial charge on any atom is -0.497 e. The second-order valence-electron chi connectivity index (χ2n) is 5.31. The molecule has 0 aliphatic heterocycles. The number of carbonyl (C=O) groups excluding carboxylic acids is 1. The van der Waals surface area contributed by atoms with Gasteiger partial charge in [0.05, 0.1) is 30.0 Å². The Morgan fingerprint density at radius 1 is 1.00 bits per heavy atom. The lowest BCUT2D eigenvalue weighted by Gasteiger charge is -2.07. The van der Waals surface area contributed by atoms with Gasteiger partial charge in [-0.2, -0.15) is 0 Å². The number of fused-ring (bicyclic) bond motifs is 1. The molecule has 0 atom stereocenters. The largest absolute Gasteiger partial charge is 0.497 e. The molecular weight excluding hydrogens is 332 g/mol. The molecule has 0 saturated heterocycles. The molecule has 0 saturated carbocycles. The van der Waals surface area contributed by atoms with Crippen LogP contribution in [-0.2, 0) is 9.53 Å². The fraction of sp³-hybridized carbons (Fsp3) is 0.150. The molecule has 1 heterocycles. The molecule has 0 bridgehead atoms. The van der Waals surface area contributed by atoms with E-state index in [-0.39, 0.29) is 13.2 Å². The average Bonchev–Trinajstić information content (AvgIpc) is 2.70. The summed E-state index contributed by atoms with van der Waals surface area (Å²) in [5.41, 5.74) is 2.17. The third kappa shape index (κ3) is 4.80. The number of esters is 1. The van der Waals surface area contributed by atoms with Crippen LogP contribution in [0.25, 0.3) is 17.1 Å². The number of methoxy groups -OCH3 is 1. The lowest BCUT2D eigenvalue weighted by molar-refractivity contribution is -0.138. The highest BCUT2D eigenvalue weighted by molar-refractivity contribution is 5.87. The van der Waals surface area contributed by atoms with Crippen LogP contribution in [0.1, 0.15) is 5.69 Å². The molecule has 0 fully saturated rings. The van der Waals surface area contributed by atoms with E-state index < -0.39 is 5.97 Å². The van der Waals surface area contributed by atoms with Crippen molar-refractivity contribution in [3.05, 3.63) is 66.5 Å². The number of rotatable bonds is 7. The van der Waals surface area contributed by atoms with Gasteiger partial charge in [-0.15, -0.1) is 0 Å². The Hall–Kier alpha value is -3.41. The number of nitrogens with zero attached hydrogens (tertiary/aromatic N) is 2. The second-order valence-corrected chi connectivity index (χ2v) is 5.31. The predicted molar refractivity (Wildman–Crippen MR) is 98.0 cm³/mol. The number of carbonyl (C=O) groups is 1. The maximum atomic E-state index is 11.7. The van der Waals surface area contributed by atoms with E-state index in [4.69, 9.17) is 14.2 Å². The molecule has 3 rings (SSSR count). The van der Waals surface area contributed by atoms with Crippen molar-refractivity contribution >= 4 is 23.1 Å². The highest BCUT2D eigenvalue weighted by atomic mass is 16.6. The minimum absolute atomic E-state index is 0.151. The molecule has 132 valence electrons. The van der Waals surface area contributed by atoms with Gasteiger partial charge >= 0.3 is 5.97 Å². The van der Waals surface area contributed by atoms with Crippen molar-refractivity contribution in [2.75, 3.05) is 20.3 Å². The maximum absolute atomic E-state index is 11.7. The monoisotopic (exact) mass is 350 g/mol. The molecule has 2 aromatic carbocycles. The molecule has 26 heavy (non-hydrogen) atoms. The van der Waals surface area contributed by atoms with Crippen LogP contribution >= 0.6 is 0 Å². The Morgan fingerprint density at radius 2 is 1.73 bits per heavy atom. The first-order valence-electron chi connectivity index (χ1n) is 8.08. The van der Waals surface area contributed by atoms with E-state index in [9.17, 15) is 4.79 Å². The van der Waals surface area contributed by atoms with Crippen molar-refractivity contribution in [2.24, 2.45) is 0 Å². The van der Waals surface area contributed by atoms with E-state index >= 15 is 0 Å². The van der Waals surface area contributed by atoms with E-state index in [0.717, 1.165) is 16.8 Å². The summed E-state index contributed by atoms with van der Waals surface area (Å²) in [6, 6.07) is 14.7. The van der Waals surface area contributed by atoms with Gasteiger partial charge in [0, 0.05) is 6.08 Å². The van der Waals surface area contributed by atoms with Gasteiger partial charge in [-0.05, 0) is 42.5 Å². The SMILES string of the molecule is COc1ccc(OCCOC(=O)/C=C/c2cnc3ccccc3n2)cc1. The number of benzene rings is 2.